The van der Waals surface area contributed by atoms with Gasteiger partial charge in [0.15, 0.2) is 0 Å². The molecule has 34 heavy (non-hydrogen) atoms. The molecule has 4 aromatic rings. The van der Waals surface area contributed by atoms with E-state index >= 15 is 0 Å². The molecule has 0 atom stereocenters. The molecule has 1 aliphatic rings. The number of nitrogens with one attached hydrogen (secondary N) is 2. The predicted octanol–water partition coefficient (Wildman–Crippen LogP) is 4.32. The zero-order chi connectivity index (χ0) is 23.5. The van der Waals surface area contributed by atoms with Crippen molar-refractivity contribution in [3.05, 3.63) is 60.0 Å². The maximum absolute atomic E-state index is 6.12. The zero-order valence-electron chi connectivity index (χ0n) is 19.0. The number of pyridine rings is 2. The third kappa shape index (κ3) is 4.95. The molecule has 2 N–H and O–H groups in total. The van der Waals surface area contributed by atoms with Crippen LogP contribution in [-0.4, -0.2) is 65.2 Å². The van der Waals surface area contributed by atoms with Gasteiger partial charge < -0.3 is 25.2 Å². The van der Waals surface area contributed by atoms with Crippen LogP contribution in [0.15, 0.2) is 55.0 Å². The van der Waals surface area contributed by atoms with Crippen molar-refractivity contribution in [2.24, 2.45) is 0 Å². The summed E-state index contributed by atoms with van der Waals surface area (Å²) in [5.41, 5.74) is 2.37. The number of piperazine rings is 1. The summed E-state index contributed by atoms with van der Waals surface area (Å²) < 4.78 is 5.62. The maximum Gasteiger partial charge on any atom is 0.229 e. The number of halogens is 1. The van der Waals surface area contributed by atoms with E-state index < -0.39 is 0 Å². The second kappa shape index (κ2) is 9.66. The minimum absolute atomic E-state index is 0.425. The van der Waals surface area contributed by atoms with Crippen molar-refractivity contribution in [1.82, 2.24) is 24.8 Å². The number of ether oxygens (including phenoxy) is 1. The van der Waals surface area contributed by atoms with Crippen LogP contribution in [-0.2, 0) is 0 Å². The average Bonchev–Trinajstić information content (AvgIpc) is 2.85. The van der Waals surface area contributed by atoms with E-state index in [1.54, 1.807) is 31.8 Å². The summed E-state index contributed by atoms with van der Waals surface area (Å²) in [5.74, 6) is 2.63. The van der Waals surface area contributed by atoms with E-state index in [-0.39, 0.29) is 0 Å². The molecule has 5 rings (SSSR count). The highest BCUT2D eigenvalue weighted by molar-refractivity contribution is 6.31. The standard InChI is InChI=1S/C24H25ClN8O/c1-32-7-9-33(10-8-32)23-13-21(34-2)20(15-28-23)30-24-26-6-5-22(31-24)29-18-12-16-11-17(25)3-4-19(16)27-14-18/h3-6,11-15H,7-10H2,1-2H3,(H2,26,29,30,31). The lowest BCUT2D eigenvalue weighted by molar-refractivity contribution is 0.312. The molecule has 1 saturated heterocycles. The Balaban J connectivity index is 1.32. The Labute approximate surface area is 202 Å². The van der Waals surface area contributed by atoms with Crippen LogP contribution in [0.4, 0.5) is 29.0 Å². The summed E-state index contributed by atoms with van der Waals surface area (Å²) in [6.07, 6.45) is 5.20. The summed E-state index contributed by atoms with van der Waals surface area (Å²) >= 11 is 6.12. The molecule has 1 aliphatic heterocycles. The van der Waals surface area contributed by atoms with Crippen LogP contribution in [0.2, 0.25) is 5.02 Å². The quantitative estimate of drug-likeness (QED) is 0.422. The van der Waals surface area contributed by atoms with Gasteiger partial charge >= 0.3 is 0 Å². The molecule has 1 fully saturated rings. The predicted molar refractivity (Wildman–Crippen MR) is 136 cm³/mol. The molecule has 0 unspecified atom stereocenters. The van der Waals surface area contributed by atoms with Gasteiger partial charge in [0.1, 0.15) is 23.1 Å². The summed E-state index contributed by atoms with van der Waals surface area (Å²) in [5, 5.41) is 8.10. The van der Waals surface area contributed by atoms with Crippen molar-refractivity contribution in [2.75, 3.05) is 55.9 Å². The number of methoxy groups -OCH3 is 1. The number of fused-ring (bicyclic) bond motifs is 1. The molecule has 9 nitrogen and oxygen atoms in total. The first kappa shape index (κ1) is 22.1. The molecule has 0 radical (unpaired) electrons. The van der Waals surface area contributed by atoms with Gasteiger partial charge in [-0.2, -0.15) is 4.98 Å². The maximum atomic E-state index is 6.12. The second-order valence-electron chi connectivity index (χ2n) is 8.11. The van der Waals surface area contributed by atoms with Crippen LogP contribution in [0, 0.1) is 0 Å². The second-order valence-corrected chi connectivity index (χ2v) is 8.55. The molecule has 3 aromatic heterocycles. The molecular weight excluding hydrogens is 452 g/mol. The molecule has 174 valence electrons. The number of likely N-dealkylation sites (N-methyl/N-ethyl adjacent to an activating group) is 1. The number of aromatic nitrogens is 4. The highest BCUT2D eigenvalue weighted by Gasteiger charge is 2.17. The summed E-state index contributed by atoms with van der Waals surface area (Å²) in [7, 11) is 3.78. The van der Waals surface area contributed by atoms with Crippen molar-refractivity contribution < 1.29 is 4.74 Å². The number of nitrogens with zero attached hydrogens (tertiary/aromatic N) is 6. The number of benzene rings is 1. The molecule has 0 saturated carbocycles. The van der Waals surface area contributed by atoms with Crippen LogP contribution >= 0.6 is 11.6 Å². The third-order valence-corrected chi connectivity index (χ3v) is 5.95. The van der Waals surface area contributed by atoms with E-state index in [1.807, 2.05) is 30.3 Å². The summed E-state index contributed by atoms with van der Waals surface area (Å²) in [6.45, 7) is 3.90. The van der Waals surface area contributed by atoms with Crippen LogP contribution in [0.5, 0.6) is 5.75 Å². The van der Waals surface area contributed by atoms with Gasteiger partial charge in [-0.25, -0.2) is 9.97 Å². The topological polar surface area (TPSA) is 91.3 Å². The zero-order valence-corrected chi connectivity index (χ0v) is 19.8. The van der Waals surface area contributed by atoms with E-state index in [2.05, 4.69) is 47.4 Å². The smallest absolute Gasteiger partial charge is 0.229 e. The van der Waals surface area contributed by atoms with Gasteiger partial charge in [0.25, 0.3) is 0 Å². The molecule has 0 amide bonds. The monoisotopic (exact) mass is 476 g/mol. The van der Waals surface area contributed by atoms with E-state index in [1.165, 1.54) is 0 Å². The molecule has 4 heterocycles. The lowest BCUT2D eigenvalue weighted by atomic mass is 10.2. The van der Waals surface area contributed by atoms with Crippen molar-refractivity contribution in [3.63, 3.8) is 0 Å². The Hall–Kier alpha value is -3.69. The average molecular weight is 477 g/mol. The third-order valence-electron chi connectivity index (χ3n) is 5.72. The van der Waals surface area contributed by atoms with E-state index in [4.69, 9.17) is 16.3 Å². The highest BCUT2D eigenvalue weighted by Crippen LogP contribution is 2.30. The first-order valence-electron chi connectivity index (χ1n) is 11.0. The van der Waals surface area contributed by atoms with E-state index in [0.29, 0.717) is 28.2 Å². The Kier molecular flexibility index (Phi) is 6.29. The van der Waals surface area contributed by atoms with Crippen molar-refractivity contribution in [2.45, 2.75) is 0 Å². The Morgan fingerprint density at radius 2 is 1.79 bits per heavy atom. The van der Waals surface area contributed by atoms with Crippen LogP contribution in [0.25, 0.3) is 10.9 Å². The van der Waals surface area contributed by atoms with Gasteiger partial charge in [-0.1, -0.05) is 11.6 Å². The van der Waals surface area contributed by atoms with Gasteiger partial charge in [0.05, 0.1) is 30.7 Å². The first-order chi connectivity index (χ1) is 16.6. The van der Waals surface area contributed by atoms with Crippen LogP contribution < -0.4 is 20.3 Å². The Bertz CT molecular complexity index is 1310. The fraction of sp³-hybridized carbons (Fsp3) is 0.250. The molecular formula is C24H25ClN8O. The fourth-order valence-electron chi connectivity index (χ4n) is 3.83. The van der Waals surface area contributed by atoms with Crippen molar-refractivity contribution in [1.29, 1.82) is 0 Å². The summed E-state index contributed by atoms with van der Waals surface area (Å²) in [6, 6.07) is 11.3. The van der Waals surface area contributed by atoms with E-state index in [9.17, 15) is 0 Å². The number of hydrogen-bond donors (Lipinski definition) is 2. The molecule has 0 aliphatic carbocycles. The minimum atomic E-state index is 0.425. The Morgan fingerprint density at radius 3 is 2.62 bits per heavy atom. The largest absolute Gasteiger partial charge is 0.494 e. The number of anilines is 5. The molecule has 1 aromatic carbocycles. The molecule has 0 spiro atoms. The summed E-state index contributed by atoms with van der Waals surface area (Å²) in [4.78, 5) is 22.6. The van der Waals surface area contributed by atoms with Gasteiger partial charge in [0.2, 0.25) is 5.95 Å². The van der Waals surface area contributed by atoms with Crippen molar-refractivity contribution >= 4 is 51.5 Å². The fourth-order valence-corrected chi connectivity index (χ4v) is 4.01. The first-order valence-corrected chi connectivity index (χ1v) is 11.3. The van der Waals surface area contributed by atoms with Crippen LogP contribution in [0.3, 0.4) is 0 Å². The molecule has 0 bridgehead atoms. The van der Waals surface area contributed by atoms with Gasteiger partial charge in [0, 0.05) is 48.9 Å². The number of hydrogen-bond acceptors (Lipinski definition) is 9. The minimum Gasteiger partial charge on any atom is -0.494 e. The van der Waals surface area contributed by atoms with E-state index in [0.717, 1.165) is 48.6 Å². The van der Waals surface area contributed by atoms with Gasteiger partial charge in [-0.15, -0.1) is 0 Å². The lowest BCUT2D eigenvalue weighted by Gasteiger charge is -2.33. The SMILES string of the molecule is COc1cc(N2CCN(C)CC2)ncc1Nc1nccc(Nc2cnc3ccc(Cl)cc3c2)n1. The molecule has 10 heteroatoms. The van der Waals surface area contributed by atoms with Gasteiger partial charge in [-0.05, 0) is 37.4 Å². The highest BCUT2D eigenvalue weighted by atomic mass is 35.5. The van der Waals surface area contributed by atoms with Crippen LogP contribution in [0.1, 0.15) is 0 Å². The normalized spacial score (nSPS) is 14.3. The Morgan fingerprint density at radius 1 is 0.941 bits per heavy atom. The van der Waals surface area contributed by atoms with Gasteiger partial charge in [-0.3, -0.25) is 4.98 Å². The lowest BCUT2D eigenvalue weighted by Crippen LogP contribution is -2.44. The number of rotatable bonds is 6. The van der Waals surface area contributed by atoms with Crippen molar-refractivity contribution in [3.8, 4) is 5.75 Å².